The van der Waals surface area contributed by atoms with Gasteiger partial charge in [-0.1, -0.05) is 11.6 Å². The summed E-state index contributed by atoms with van der Waals surface area (Å²) in [5, 5.41) is 10.8. The van der Waals surface area contributed by atoms with Crippen LogP contribution in [0.4, 0.5) is 4.79 Å². The smallest absolute Gasteiger partial charge is 0.410 e. The van der Waals surface area contributed by atoms with E-state index in [1.165, 1.54) is 12.1 Å². The minimum Gasteiger partial charge on any atom is -0.445 e. The maximum absolute atomic E-state index is 12.9. The third-order valence-electron chi connectivity index (χ3n) is 5.88. The van der Waals surface area contributed by atoms with E-state index in [1.807, 2.05) is 0 Å². The van der Waals surface area contributed by atoms with Crippen molar-refractivity contribution < 1.29 is 22.7 Å². The maximum atomic E-state index is 12.9. The van der Waals surface area contributed by atoms with Crippen LogP contribution in [-0.2, 0) is 21.2 Å². The molecule has 1 atom stereocenters. The second kappa shape index (κ2) is 8.41. The van der Waals surface area contributed by atoms with E-state index >= 15 is 0 Å². The first-order valence-corrected chi connectivity index (χ1v) is 12.7. The van der Waals surface area contributed by atoms with Crippen LogP contribution in [0.5, 0.6) is 0 Å². The molecule has 5 rings (SSSR count). The van der Waals surface area contributed by atoms with E-state index in [9.17, 15) is 18.0 Å². The van der Waals surface area contributed by atoms with Gasteiger partial charge in [-0.3, -0.25) is 4.79 Å². The third kappa shape index (κ3) is 4.36. The minimum absolute atomic E-state index is 0.0373. The highest BCUT2D eigenvalue weighted by molar-refractivity contribution is 7.90. The second-order valence-electron chi connectivity index (χ2n) is 8.39. The van der Waals surface area contributed by atoms with E-state index in [4.69, 9.17) is 16.3 Å². The molecular formula is C22H20ClN5O5S. The molecule has 0 unspecified atom stereocenters. The molecule has 1 fully saturated rings. The normalized spacial score (nSPS) is 17.7. The van der Waals surface area contributed by atoms with Gasteiger partial charge in [-0.25, -0.2) is 13.2 Å². The zero-order valence-corrected chi connectivity index (χ0v) is 19.6. The number of rotatable bonds is 4. The van der Waals surface area contributed by atoms with E-state index < -0.39 is 15.9 Å². The number of likely N-dealkylation sites (tertiary alicyclic amines) is 1. The summed E-state index contributed by atoms with van der Waals surface area (Å²) < 4.78 is 29.0. The van der Waals surface area contributed by atoms with Crippen molar-refractivity contribution in [2.24, 2.45) is 5.92 Å². The van der Waals surface area contributed by atoms with Crippen molar-refractivity contribution in [2.45, 2.75) is 11.5 Å². The van der Waals surface area contributed by atoms with Crippen LogP contribution in [0.3, 0.4) is 0 Å². The molecule has 2 amide bonds. The van der Waals surface area contributed by atoms with Crippen molar-refractivity contribution in [1.82, 2.24) is 25.2 Å². The predicted molar refractivity (Wildman–Crippen MR) is 123 cm³/mol. The highest BCUT2D eigenvalue weighted by atomic mass is 35.5. The number of fused-ring (bicyclic) bond motifs is 2. The monoisotopic (exact) mass is 501 g/mol. The Kier molecular flexibility index (Phi) is 5.53. The number of hydrogen-bond donors (Lipinski definition) is 1. The summed E-state index contributed by atoms with van der Waals surface area (Å²) in [5.74, 6) is -0.0983. The zero-order valence-electron chi connectivity index (χ0n) is 18.1. The van der Waals surface area contributed by atoms with Crippen molar-refractivity contribution in [3.05, 3.63) is 64.3 Å². The van der Waals surface area contributed by atoms with Gasteiger partial charge in [0.15, 0.2) is 9.84 Å². The summed E-state index contributed by atoms with van der Waals surface area (Å²) in [6, 6.07) is 9.51. The van der Waals surface area contributed by atoms with Gasteiger partial charge in [0.25, 0.3) is 5.91 Å². The topological polar surface area (TPSA) is 126 Å². The second-order valence-corrected chi connectivity index (χ2v) is 10.8. The fourth-order valence-corrected chi connectivity index (χ4v) is 5.21. The molecule has 2 aliphatic rings. The summed E-state index contributed by atoms with van der Waals surface area (Å²) in [7, 11) is -3.44. The number of carbonyl (C=O) groups excluding carboxylic acids is 2. The lowest BCUT2D eigenvalue weighted by Crippen LogP contribution is -2.33. The van der Waals surface area contributed by atoms with Gasteiger partial charge in [-0.05, 0) is 47.5 Å². The van der Waals surface area contributed by atoms with Gasteiger partial charge in [0.2, 0.25) is 0 Å². The molecule has 0 saturated carbocycles. The molecule has 12 heteroatoms. The van der Waals surface area contributed by atoms with Crippen molar-refractivity contribution >= 4 is 44.5 Å². The highest BCUT2D eigenvalue weighted by Crippen LogP contribution is 2.31. The number of aromatic nitrogens is 3. The number of ether oxygens (including phenoxy) is 1. The zero-order chi connectivity index (χ0) is 24.0. The van der Waals surface area contributed by atoms with Crippen LogP contribution in [0.15, 0.2) is 53.1 Å². The summed E-state index contributed by atoms with van der Waals surface area (Å²) in [4.78, 5) is 28.8. The van der Waals surface area contributed by atoms with Crippen LogP contribution in [0.25, 0.3) is 11.0 Å². The fraction of sp³-hybridized carbons (Fsp3) is 0.273. The minimum atomic E-state index is -3.44. The Balaban J connectivity index is 1.21. The molecule has 176 valence electrons. The van der Waals surface area contributed by atoms with Gasteiger partial charge in [0, 0.05) is 48.6 Å². The van der Waals surface area contributed by atoms with E-state index in [1.54, 1.807) is 40.3 Å². The van der Waals surface area contributed by atoms with Crippen LogP contribution in [0.1, 0.15) is 15.9 Å². The van der Waals surface area contributed by atoms with E-state index in [0.717, 1.165) is 11.8 Å². The molecule has 34 heavy (non-hydrogen) atoms. The lowest BCUT2D eigenvalue weighted by molar-refractivity contribution is 0.0815. The third-order valence-corrected chi connectivity index (χ3v) is 7.19. The van der Waals surface area contributed by atoms with Gasteiger partial charge in [0.1, 0.15) is 17.6 Å². The molecule has 1 N–H and O–H groups in total. The number of carbonyl (C=O) groups is 2. The maximum Gasteiger partial charge on any atom is 0.410 e. The summed E-state index contributed by atoms with van der Waals surface area (Å²) in [6.07, 6.45) is 2.37. The molecule has 0 spiro atoms. The number of nitrogens with one attached hydrogen (secondary N) is 1. The number of nitrogens with zero attached hydrogens (tertiary/aromatic N) is 4. The lowest BCUT2D eigenvalue weighted by atomic mass is 10.1. The molecule has 10 nitrogen and oxygen atoms in total. The Morgan fingerprint density at radius 3 is 2.71 bits per heavy atom. The first-order chi connectivity index (χ1) is 16.2. The standard InChI is InChI=1S/C22H20ClN5O5S/c1-34(31,32)18-5-13(4-17(23)7-18)12-33-22(30)28-10-15-8-27(9-16(15)11-28)21(29)14-2-3-19-20(6-14)25-26-24-19/h2-8,16H,9-12H2,1H3,(H,24,25,26)/t16-/m0/s1. The van der Waals surface area contributed by atoms with Crippen LogP contribution >= 0.6 is 11.6 Å². The predicted octanol–water partition coefficient (Wildman–Crippen LogP) is 2.62. The van der Waals surface area contributed by atoms with E-state index in [0.29, 0.717) is 41.8 Å². The first-order valence-electron chi connectivity index (χ1n) is 10.4. The molecule has 1 saturated heterocycles. The average molecular weight is 502 g/mol. The van der Waals surface area contributed by atoms with Gasteiger partial charge < -0.3 is 14.5 Å². The van der Waals surface area contributed by atoms with Crippen molar-refractivity contribution in [3.63, 3.8) is 0 Å². The Bertz CT molecular complexity index is 1450. The van der Waals surface area contributed by atoms with E-state index in [-0.39, 0.29) is 28.4 Å². The van der Waals surface area contributed by atoms with Gasteiger partial charge in [-0.2, -0.15) is 15.4 Å². The molecule has 3 heterocycles. The molecule has 2 aromatic carbocycles. The average Bonchev–Trinajstić information content (AvgIpc) is 3.50. The van der Waals surface area contributed by atoms with Gasteiger partial charge in [0.05, 0.1) is 4.90 Å². The summed E-state index contributed by atoms with van der Waals surface area (Å²) in [6.45, 7) is 1.17. The Morgan fingerprint density at radius 1 is 1.15 bits per heavy atom. The summed E-state index contributed by atoms with van der Waals surface area (Å²) >= 11 is 6.01. The lowest BCUT2D eigenvalue weighted by Gasteiger charge is -2.19. The highest BCUT2D eigenvalue weighted by Gasteiger charge is 2.38. The fourth-order valence-electron chi connectivity index (χ4n) is 4.18. The van der Waals surface area contributed by atoms with Crippen molar-refractivity contribution in [1.29, 1.82) is 0 Å². The Hall–Kier alpha value is -3.44. The van der Waals surface area contributed by atoms with Crippen LogP contribution in [0, 0.1) is 5.92 Å². The van der Waals surface area contributed by atoms with Crippen LogP contribution in [-0.4, -0.2) is 71.5 Å². The molecule has 1 aromatic heterocycles. The number of aromatic amines is 1. The summed E-state index contributed by atoms with van der Waals surface area (Å²) in [5.41, 5.74) is 3.29. The van der Waals surface area contributed by atoms with Crippen LogP contribution < -0.4 is 0 Å². The number of halogens is 1. The van der Waals surface area contributed by atoms with E-state index in [2.05, 4.69) is 15.4 Å². The Morgan fingerprint density at radius 2 is 1.94 bits per heavy atom. The number of hydrogen-bond acceptors (Lipinski definition) is 7. The number of amides is 2. The molecule has 0 bridgehead atoms. The number of sulfone groups is 1. The first kappa shape index (κ1) is 22.4. The SMILES string of the molecule is CS(=O)(=O)c1cc(Cl)cc(COC(=O)N2CC3=CN(C(=O)c4ccc5n[nH]nc5c4)C[C@H]3C2)c1. The van der Waals surface area contributed by atoms with Crippen LogP contribution in [0.2, 0.25) is 5.02 Å². The number of benzene rings is 2. The molecular weight excluding hydrogens is 482 g/mol. The molecule has 2 aliphatic heterocycles. The Labute approximate surface area is 200 Å². The molecule has 0 aliphatic carbocycles. The quantitative estimate of drug-likeness (QED) is 0.582. The largest absolute Gasteiger partial charge is 0.445 e. The van der Waals surface area contributed by atoms with Crippen molar-refractivity contribution in [3.8, 4) is 0 Å². The van der Waals surface area contributed by atoms with Crippen molar-refractivity contribution in [2.75, 3.05) is 25.9 Å². The van der Waals surface area contributed by atoms with Gasteiger partial charge >= 0.3 is 6.09 Å². The molecule has 0 radical (unpaired) electrons. The molecule has 3 aromatic rings. The van der Waals surface area contributed by atoms with Gasteiger partial charge in [-0.15, -0.1) is 0 Å². The number of H-pyrrole nitrogens is 1.